The van der Waals surface area contributed by atoms with Crippen molar-refractivity contribution in [3.8, 4) is 0 Å². The molecule has 0 aliphatic carbocycles. The number of nitrogens with one attached hydrogen (secondary N) is 2. The molecule has 0 aromatic rings. The van der Waals surface area contributed by atoms with Crippen molar-refractivity contribution < 1.29 is 0 Å². The second-order valence-electron chi connectivity index (χ2n) is 1.64. The highest BCUT2D eigenvalue weighted by Gasteiger charge is 2.11. The molecule has 1 heterocycles. The lowest BCUT2D eigenvalue weighted by molar-refractivity contribution is 0.390. The summed E-state index contributed by atoms with van der Waals surface area (Å²) in [4.78, 5) is 0. The Morgan fingerprint density at radius 3 is 1.50 bits per heavy atom. The zero-order valence-electron chi connectivity index (χ0n) is 7.99. The van der Waals surface area contributed by atoms with E-state index >= 15 is 0 Å². The Balaban J connectivity index is 0. The van der Waals surface area contributed by atoms with Crippen molar-refractivity contribution in [2.24, 2.45) is 0 Å². The van der Waals surface area contributed by atoms with Crippen LogP contribution < -0.4 is 10.6 Å². The van der Waals surface area contributed by atoms with E-state index in [9.17, 15) is 0 Å². The van der Waals surface area contributed by atoms with Crippen molar-refractivity contribution in [1.29, 1.82) is 0 Å². The molecule has 0 aromatic heterocycles. The van der Waals surface area contributed by atoms with Crippen LogP contribution in [0, 0.1) is 0 Å². The summed E-state index contributed by atoms with van der Waals surface area (Å²) in [5, 5.41) is 6.29. The lowest BCUT2D eigenvalue weighted by Crippen LogP contribution is -2.54. The van der Waals surface area contributed by atoms with Crippen LogP contribution in [0.4, 0.5) is 0 Å². The van der Waals surface area contributed by atoms with Gasteiger partial charge in [-0.1, -0.05) is 27.7 Å². The third-order valence-corrected chi connectivity index (χ3v) is 1.19. The highest BCUT2D eigenvalue weighted by Crippen LogP contribution is 1.85. The van der Waals surface area contributed by atoms with E-state index in [-0.39, 0.29) is 0 Å². The normalized spacial score (nSPS) is 15.3. The van der Waals surface area contributed by atoms with Gasteiger partial charge in [-0.25, -0.2) is 0 Å². The van der Waals surface area contributed by atoms with Crippen LogP contribution in [0.15, 0.2) is 0 Å². The molecule has 0 spiro atoms. The van der Waals surface area contributed by atoms with Gasteiger partial charge in [0.05, 0.1) is 0 Å². The molecule has 64 valence electrons. The molecule has 0 bridgehead atoms. The van der Waals surface area contributed by atoms with Gasteiger partial charge in [-0.05, 0) is 7.05 Å². The van der Waals surface area contributed by atoms with Gasteiger partial charge in [0, 0.05) is 19.1 Å². The van der Waals surface area contributed by atoms with E-state index in [4.69, 9.17) is 0 Å². The van der Waals surface area contributed by atoms with Gasteiger partial charge < -0.3 is 10.6 Å². The first-order valence-corrected chi connectivity index (χ1v) is 4.31. The zero-order chi connectivity index (χ0) is 8.41. The van der Waals surface area contributed by atoms with Gasteiger partial charge in [0.2, 0.25) is 0 Å². The van der Waals surface area contributed by atoms with Crippen molar-refractivity contribution in [3.05, 3.63) is 0 Å². The van der Waals surface area contributed by atoms with Crippen LogP contribution in [0.25, 0.3) is 0 Å². The van der Waals surface area contributed by atoms with Gasteiger partial charge in [-0.3, -0.25) is 0 Å². The van der Waals surface area contributed by atoms with E-state index in [0.29, 0.717) is 0 Å². The molecule has 1 fully saturated rings. The topological polar surface area (TPSA) is 24.1 Å². The quantitative estimate of drug-likeness (QED) is 0.581. The average molecular weight is 146 g/mol. The molecule has 0 saturated carbocycles. The van der Waals surface area contributed by atoms with Crippen LogP contribution in [0.3, 0.4) is 0 Å². The van der Waals surface area contributed by atoms with Gasteiger partial charge in [0.25, 0.3) is 0 Å². The van der Waals surface area contributed by atoms with Crippen molar-refractivity contribution >= 4 is 0 Å². The smallest absolute Gasteiger partial charge is 0.0314 e. The maximum Gasteiger partial charge on any atom is 0.0314 e. The minimum Gasteiger partial charge on any atom is -0.315 e. The molecule has 0 unspecified atom stereocenters. The summed E-state index contributed by atoms with van der Waals surface area (Å²) in [6.07, 6.45) is 0. The average Bonchev–Trinajstić information content (AvgIpc) is 1.95. The van der Waals surface area contributed by atoms with Crippen LogP contribution in [-0.4, -0.2) is 26.2 Å². The van der Waals surface area contributed by atoms with Gasteiger partial charge in [-0.2, -0.15) is 0 Å². The second-order valence-corrected chi connectivity index (χ2v) is 1.64. The zero-order valence-corrected chi connectivity index (χ0v) is 7.99. The predicted molar refractivity (Wildman–Crippen MR) is 48.4 cm³/mol. The van der Waals surface area contributed by atoms with E-state index in [0.717, 1.165) is 19.1 Å². The third-order valence-electron chi connectivity index (χ3n) is 1.19. The lowest BCUT2D eigenvalue weighted by Gasteiger charge is -2.25. The SMILES string of the molecule is CC.CC.CNC1CNC1. The Morgan fingerprint density at radius 1 is 1.10 bits per heavy atom. The number of hydrogen-bond acceptors (Lipinski definition) is 2. The van der Waals surface area contributed by atoms with Crippen molar-refractivity contribution in [3.63, 3.8) is 0 Å². The molecule has 0 radical (unpaired) electrons. The van der Waals surface area contributed by atoms with Crippen molar-refractivity contribution in [2.45, 2.75) is 33.7 Å². The molecule has 2 heteroatoms. The highest BCUT2D eigenvalue weighted by atomic mass is 15.1. The fraction of sp³-hybridized carbons (Fsp3) is 1.00. The first-order valence-electron chi connectivity index (χ1n) is 4.31. The van der Waals surface area contributed by atoms with Crippen molar-refractivity contribution in [1.82, 2.24) is 10.6 Å². The van der Waals surface area contributed by atoms with Gasteiger partial charge in [-0.15, -0.1) is 0 Å². The molecule has 2 nitrogen and oxygen atoms in total. The molecule has 1 aliphatic heterocycles. The van der Waals surface area contributed by atoms with Gasteiger partial charge in [0.15, 0.2) is 0 Å². The molecule has 0 amide bonds. The maximum absolute atomic E-state index is 3.15. The molecule has 1 rings (SSSR count). The first kappa shape index (κ1) is 12.6. The minimum atomic E-state index is 0.755. The Labute approximate surface area is 65.4 Å². The molecule has 2 N–H and O–H groups in total. The molecule has 1 saturated heterocycles. The third kappa shape index (κ3) is 6.05. The first-order chi connectivity index (χ1) is 4.93. The van der Waals surface area contributed by atoms with Crippen LogP contribution in [0.2, 0.25) is 0 Å². The number of rotatable bonds is 1. The van der Waals surface area contributed by atoms with Crippen LogP contribution in [0.5, 0.6) is 0 Å². The van der Waals surface area contributed by atoms with Crippen LogP contribution in [0.1, 0.15) is 27.7 Å². The monoisotopic (exact) mass is 146 g/mol. The summed E-state index contributed by atoms with van der Waals surface area (Å²) in [6, 6.07) is 0.755. The van der Waals surface area contributed by atoms with Gasteiger partial charge >= 0.3 is 0 Å². The Hall–Kier alpha value is -0.0800. The Morgan fingerprint density at radius 2 is 1.50 bits per heavy atom. The van der Waals surface area contributed by atoms with Gasteiger partial charge in [0.1, 0.15) is 0 Å². The molecule has 10 heavy (non-hydrogen) atoms. The van der Waals surface area contributed by atoms with Crippen molar-refractivity contribution in [2.75, 3.05) is 20.1 Å². The number of likely N-dealkylation sites (N-methyl/N-ethyl adjacent to an activating group) is 1. The summed E-state index contributed by atoms with van der Waals surface area (Å²) in [7, 11) is 1.99. The summed E-state index contributed by atoms with van der Waals surface area (Å²) < 4.78 is 0. The van der Waals surface area contributed by atoms with Crippen LogP contribution in [-0.2, 0) is 0 Å². The maximum atomic E-state index is 3.15. The standard InChI is InChI=1S/C4H10N2.2C2H6/c1-5-4-2-6-3-4;2*1-2/h4-6H,2-3H2,1H3;2*1-2H3. The number of hydrogen-bond donors (Lipinski definition) is 2. The molecule has 0 aromatic carbocycles. The Kier molecular flexibility index (Phi) is 14.7. The Bertz CT molecular complexity index is 39.8. The lowest BCUT2D eigenvalue weighted by atomic mass is 10.2. The summed E-state index contributed by atoms with van der Waals surface area (Å²) in [6.45, 7) is 10.3. The fourth-order valence-electron chi connectivity index (χ4n) is 0.493. The van der Waals surface area contributed by atoms with E-state index in [2.05, 4.69) is 10.6 Å². The fourth-order valence-corrected chi connectivity index (χ4v) is 0.493. The second kappa shape index (κ2) is 11.7. The van der Waals surface area contributed by atoms with E-state index in [1.165, 1.54) is 0 Å². The summed E-state index contributed by atoms with van der Waals surface area (Å²) in [5.74, 6) is 0. The summed E-state index contributed by atoms with van der Waals surface area (Å²) >= 11 is 0. The molecule has 1 aliphatic rings. The van der Waals surface area contributed by atoms with Crippen LogP contribution >= 0.6 is 0 Å². The van der Waals surface area contributed by atoms with E-state index in [1.54, 1.807) is 0 Å². The molecular formula is C8H22N2. The summed E-state index contributed by atoms with van der Waals surface area (Å²) in [5.41, 5.74) is 0. The molecule has 0 atom stereocenters. The molecular weight excluding hydrogens is 124 g/mol. The highest BCUT2D eigenvalue weighted by molar-refractivity contribution is 4.79. The van der Waals surface area contributed by atoms with E-state index < -0.39 is 0 Å². The largest absolute Gasteiger partial charge is 0.315 e. The minimum absolute atomic E-state index is 0.755. The van der Waals surface area contributed by atoms with E-state index in [1.807, 2.05) is 34.7 Å². The predicted octanol–water partition coefficient (Wildman–Crippen LogP) is 1.23.